The summed E-state index contributed by atoms with van der Waals surface area (Å²) in [6.07, 6.45) is 1.77. The van der Waals surface area contributed by atoms with Crippen LogP contribution in [-0.4, -0.2) is 40.4 Å². The largest absolute Gasteiger partial charge is 0.356 e. The summed E-state index contributed by atoms with van der Waals surface area (Å²) in [7, 11) is 3.80. The molecule has 30 heavy (non-hydrogen) atoms. The first-order valence-corrected chi connectivity index (χ1v) is 11.2. The number of aliphatic imine (C=N–C) groups is 1. The van der Waals surface area contributed by atoms with Crippen LogP contribution in [0.1, 0.15) is 35.1 Å². The summed E-state index contributed by atoms with van der Waals surface area (Å²) in [5.41, 5.74) is 7.17. The van der Waals surface area contributed by atoms with E-state index in [1.807, 2.05) is 11.7 Å². The smallest absolute Gasteiger partial charge is 0.191 e. The molecule has 0 saturated heterocycles. The molecule has 1 aromatic carbocycles. The molecule has 1 atom stereocenters. The predicted molar refractivity (Wildman–Crippen MR) is 126 cm³/mol. The lowest BCUT2D eigenvalue weighted by Crippen LogP contribution is -2.43. The van der Waals surface area contributed by atoms with E-state index in [1.165, 1.54) is 22.4 Å². The standard InChI is InChI=1S/C23H32N6S/c1-15-7-9-19(10-8-15)22-27-20(14-30-22)11-12-25-23(24-5)26-16(2)13-21-17(3)28-29(6)18(21)4/h7-10,14,16H,11-13H2,1-6H3,(H2,24,25,26). The number of benzene rings is 1. The van der Waals surface area contributed by atoms with E-state index in [2.05, 4.69) is 78.1 Å². The SMILES string of the molecule is CN=C(NCCc1csc(-c2ccc(C)cc2)n1)NC(C)Cc1c(C)nn(C)c1C. The fraction of sp³-hybridized carbons (Fsp3) is 0.435. The molecule has 0 aliphatic rings. The molecule has 0 bridgehead atoms. The molecule has 3 rings (SSSR count). The fourth-order valence-electron chi connectivity index (χ4n) is 3.46. The lowest BCUT2D eigenvalue weighted by Gasteiger charge is -2.18. The topological polar surface area (TPSA) is 67.1 Å². The zero-order valence-corrected chi connectivity index (χ0v) is 19.6. The van der Waals surface area contributed by atoms with Crippen molar-refractivity contribution in [3.05, 3.63) is 57.9 Å². The molecule has 6 nitrogen and oxygen atoms in total. The van der Waals surface area contributed by atoms with Gasteiger partial charge in [-0.2, -0.15) is 5.10 Å². The minimum absolute atomic E-state index is 0.255. The van der Waals surface area contributed by atoms with Crippen LogP contribution in [0.4, 0.5) is 0 Å². The Morgan fingerprint density at radius 3 is 2.57 bits per heavy atom. The van der Waals surface area contributed by atoms with Crippen molar-refractivity contribution in [2.24, 2.45) is 12.0 Å². The first-order chi connectivity index (χ1) is 14.4. The zero-order valence-electron chi connectivity index (χ0n) is 18.8. The lowest BCUT2D eigenvalue weighted by molar-refractivity contribution is 0.635. The number of aryl methyl sites for hydroxylation is 3. The van der Waals surface area contributed by atoms with Gasteiger partial charge in [0.1, 0.15) is 5.01 Å². The molecule has 1 unspecified atom stereocenters. The highest BCUT2D eigenvalue weighted by atomic mass is 32.1. The van der Waals surface area contributed by atoms with Gasteiger partial charge in [0.05, 0.1) is 11.4 Å². The summed E-state index contributed by atoms with van der Waals surface area (Å²) in [6, 6.07) is 8.78. The molecule has 2 aromatic heterocycles. The van der Waals surface area contributed by atoms with Gasteiger partial charge in [-0.15, -0.1) is 11.3 Å². The van der Waals surface area contributed by atoms with Gasteiger partial charge in [-0.3, -0.25) is 9.67 Å². The Kier molecular flexibility index (Phi) is 7.26. The van der Waals surface area contributed by atoms with Gasteiger partial charge in [-0.25, -0.2) is 4.98 Å². The van der Waals surface area contributed by atoms with Gasteiger partial charge in [-0.1, -0.05) is 29.8 Å². The molecule has 2 N–H and O–H groups in total. The van der Waals surface area contributed by atoms with Crippen molar-refractivity contribution in [1.29, 1.82) is 0 Å². The normalized spacial score (nSPS) is 12.8. The van der Waals surface area contributed by atoms with Gasteiger partial charge >= 0.3 is 0 Å². The molecule has 2 heterocycles. The molecule has 0 spiro atoms. The minimum Gasteiger partial charge on any atom is -0.356 e. The van der Waals surface area contributed by atoms with Gasteiger partial charge in [0.15, 0.2) is 5.96 Å². The number of hydrogen-bond donors (Lipinski definition) is 2. The second-order valence-electron chi connectivity index (χ2n) is 7.78. The first-order valence-electron chi connectivity index (χ1n) is 10.3. The monoisotopic (exact) mass is 424 g/mol. The maximum Gasteiger partial charge on any atom is 0.191 e. The maximum absolute atomic E-state index is 4.78. The van der Waals surface area contributed by atoms with E-state index < -0.39 is 0 Å². The Hall–Kier alpha value is -2.67. The number of nitrogens with one attached hydrogen (secondary N) is 2. The molecule has 7 heteroatoms. The van der Waals surface area contributed by atoms with Crippen molar-refractivity contribution in [3.63, 3.8) is 0 Å². The van der Waals surface area contributed by atoms with Crippen LogP contribution in [-0.2, 0) is 19.9 Å². The highest BCUT2D eigenvalue weighted by molar-refractivity contribution is 7.13. The van der Waals surface area contributed by atoms with Crippen molar-refractivity contribution in [2.75, 3.05) is 13.6 Å². The van der Waals surface area contributed by atoms with Crippen molar-refractivity contribution in [1.82, 2.24) is 25.4 Å². The summed E-state index contributed by atoms with van der Waals surface area (Å²) < 4.78 is 1.95. The summed E-state index contributed by atoms with van der Waals surface area (Å²) in [4.78, 5) is 9.15. The highest BCUT2D eigenvalue weighted by Gasteiger charge is 2.14. The molecule has 0 aliphatic heterocycles. The molecule has 0 amide bonds. The van der Waals surface area contributed by atoms with E-state index in [9.17, 15) is 0 Å². The van der Waals surface area contributed by atoms with Gasteiger partial charge in [0.2, 0.25) is 0 Å². The molecule has 3 aromatic rings. The second-order valence-corrected chi connectivity index (χ2v) is 8.64. The van der Waals surface area contributed by atoms with Crippen LogP contribution in [0.15, 0.2) is 34.6 Å². The molecular formula is C23H32N6S. The number of thiazole rings is 1. The molecule has 160 valence electrons. The van der Waals surface area contributed by atoms with E-state index in [0.717, 1.165) is 41.7 Å². The number of guanidine groups is 1. The van der Waals surface area contributed by atoms with Crippen LogP contribution in [0.5, 0.6) is 0 Å². The van der Waals surface area contributed by atoms with E-state index in [4.69, 9.17) is 4.98 Å². The number of rotatable bonds is 7. The highest BCUT2D eigenvalue weighted by Crippen LogP contribution is 2.24. The zero-order chi connectivity index (χ0) is 21.7. The molecule has 0 fully saturated rings. The average Bonchev–Trinajstić information content (AvgIpc) is 3.28. The summed E-state index contributed by atoms with van der Waals surface area (Å²) in [6.45, 7) is 9.25. The quantitative estimate of drug-likeness (QED) is 0.447. The molecule has 0 radical (unpaired) electrons. The minimum atomic E-state index is 0.255. The fourth-order valence-corrected chi connectivity index (χ4v) is 4.32. The van der Waals surface area contributed by atoms with Crippen LogP contribution in [0.3, 0.4) is 0 Å². The Labute approximate surface area is 183 Å². The number of nitrogens with zero attached hydrogens (tertiary/aromatic N) is 4. The summed E-state index contributed by atoms with van der Waals surface area (Å²) in [5, 5.41) is 14.6. The molecule has 0 saturated carbocycles. The van der Waals surface area contributed by atoms with Crippen molar-refractivity contribution in [2.45, 2.75) is 46.6 Å². The van der Waals surface area contributed by atoms with Crippen LogP contribution in [0.2, 0.25) is 0 Å². The van der Waals surface area contributed by atoms with Gasteiger partial charge in [0.25, 0.3) is 0 Å². The third-order valence-corrected chi connectivity index (χ3v) is 6.24. The Balaban J connectivity index is 1.49. The van der Waals surface area contributed by atoms with Crippen LogP contribution < -0.4 is 10.6 Å². The van der Waals surface area contributed by atoms with Crippen LogP contribution in [0.25, 0.3) is 10.6 Å². The van der Waals surface area contributed by atoms with Gasteiger partial charge in [0, 0.05) is 49.7 Å². The maximum atomic E-state index is 4.78. The van der Waals surface area contributed by atoms with E-state index in [1.54, 1.807) is 18.4 Å². The third kappa shape index (κ3) is 5.48. The first kappa shape index (κ1) is 22.0. The lowest BCUT2D eigenvalue weighted by atomic mass is 10.1. The molecule has 0 aliphatic carbocycles. The van der Waals surface area contributed by atoms with Gasteiger partial charge in [-0.05, 0) is 39.7 Å². The van der Waals surface area contributed by atoms with E-state index in [-0.39, 0.29) is 6.04 Å². The van der Waals surface area contributed by atoms with Crippen molar-refractivity contribution < 1.29 is 0 Å². The Morgan fingerprint density at radius 1 is 1.20 bits per heavy atom. The van der Waals surface area contributed by atoms with E-state index >= 15 is 0 Å². The van der Waals surface area contributed by atoms with E-state index in [0.29, 0.717) is 0 Å². The molecular weight excluding hydrogens is 392 g/mol. The summed E-state index contributed by atoms with van der Waals surface area (Å²) >= 11 is 1.70. The predicted octanol–water partition coefficient (Wildman–Crippen LogP) is 3.81. The number of hydrogen-bond acceptors (Lipinski definition) is 4. The third-order valence-electron chi connectivity index (χ3n) is 5.30. The van der Waals surface area contributed by atoms with Crippen LogP contribution >= 0.6 is 11.3 Å². The van der Waals surface area contributed by atoms with Crippen LogP contribution in [0, 0.1) is 20.8 Å². The second kappa shape index (κ2) is 9.89. The van der Waals surface area contributed by atoms with Gasteiger partial charge < -0.3 is 10.6 Å². The average molecular weight is 425 g/mol. The van der Waals surface area contributed by atoms with Crippen molar-refractivity contribution >= 4 is 17.3 Å². The summed E-state index contributed by atoms with van der Waals surface area (Å²) in [5.74, 6) is 0.815. The van der Waals surface area contributed by atoms with Crippen molar-refractivity contribution in [3.8, 4) is 10.6 Å². The Morgan fingerprint density at radius 2 is 1.93 bits per heavy atom. The Bertz CT molecular complexity index is 999. The number of aromatic nitrogens is 3.